The summed E-state index contributed by atoms with van der Waals surface area (Å²) in [5, 5.41) is 0. The first-order valence-corrected chi connectivity index (χ1v) is 9.36. The Morgan fingerprint density at radius 3 is 2.26 bits per heavy atom. The number of rotatable bonds is 8. The summed E-state index contributed by atoms with van der Waals surface area (Å²) < 4.78 is 9.28. The third-order valence-electron chi connectivity index (χ3n) is 5.28. The maximum absolute atomic E-state index is 12.2. The molecule has 1 aliphatic carbocycles. The van der Waals surface area contributed by atoms with Crippen LogP contribution < -0.4 is 0 Å². The maximum atomic E-state index is 12.2. The first kappa shape index (κ1) is 22.9. The van der Waals surface area contributed by atoms with Crippen LogP contribution >= 0.6 is 0 Å². The fourth-order valence-corrected chi connectivity index (χ4v) is 3.67. The van der Waals surface area contributed by atoms with Crippen LogP contribution in [-0.2, 0) is 23.9 Å². The lowest BCUT2D eigenvalue weighted by Gasteiger charge is -2.34. The zero-order chi connectivity index (χ0) is 20.6. The molecular weight excluding hydrogens is 344 g/mol. The van der Waals surface area contributed by atoms with Gasteiger partial charge in [0, 0.05) is 6.42 Å². The van der Waals surface area contributed by atoms with Crippen LogP contribution in [-0.4, -0.2) is 31.9 Å². The lowest BCUT2D eigenvalue weighted by Crippen LogP contribution is -2.27. The highest BCUT2D eigenvalue weighted by molar-refractivity contribution is 5.98. The molecule has 0 saturated heterocycles. The number of methoxy groups -OCH3 is 2. The predicted molar refractivity (Wildman–Crippen MR) is 105 cm³/mol. The Hall–Kier alpha value is -2.17. The van der Waals surface area contributed by atoms with Crippen LogP contribution in [0.3, 0.4) is 0 Å². The number of hydrogen-bond donors (Lipinski definition) is 0. The first-order chi connectivity index (χ1) is 12.6. The molecule has 0 saturated carbocycles. The molecule has 1 aliphatic rings. The van der Waals surface area contributed by atoms with Gasteiger partial charge in [-0.05, 0) is 56.6 Å². The summed E-state index contributed by atoms with van der Waals surface area (Å²) in [4.78, 5) is 35.7. The number of ether oxygens (including phenoxy) is 2. The van der Waals surface area contributed by atoms with Crippen molar-refractivity contribution >= 4 is 17.7 Å². The van der Waals surface area contributed by atoms with E-state index in [4.69, 9.17) is 0 Å². The van der Waals surface area contributed by atoms with Crippen LogP contribution in [0, 0.1) is 11.3 Å². The van der Waals surface area contributed by atoms with Gasteiger partial charge in [-0.1, -0.05) is 37.1 Å². The Kier molecular flexibility index (Phi) is 8.67. The topological polar surface area (TPSA) is 69.7 Å². The average molecular weight is 376 g/mol. The standard InChI is InChI=1S/C22H32O5/c1-15-10-8-14-22(3,4)18(15)13-12-17(23)11-7-9-16(2)19(20(24)26-5)21(25)27-6/h7,9,11,19H,8,10,12-14H2,1-6H3/b11-7+,16-9+. The lowest BCUT2D eigenvalue weighted by molar-refractivity contribution is -0.156. The molecule has 0 aromatic rings. The number of carbonyl (C=O) groups excluding carboxylic acids is 3. The van der Waals surface area contributed by atoms with Gasteiger partial charge >= 0.3 is 11.9 Å². The second-order valence-electron chi connectivity index (χ2n) is 7.71. The molecule has 0 aromatic carbocycles. The first-order valence-electron chi connectivity index (χ1n) is 9.36. The highest BCUT2D eigenvalue weighted by atomic mass is 16.5. The van der Waals surface area contributed by atoms with Crippen molar-refractivity contribution in [1.29, 1.82) is 0 Å². The van der Waals surface area contributed by atoms with Crippen molar-refractivity contribution in [3.05, 3.63) is 34.9 Å². The van der Waals surface area contributed by atoms with E-state index >= 15 is 0 Å². The molecule has 0 heterocycles. The molecule has 0 radical (unpaired) electrons. The number of allylic oxidation sites excluding steroid dienone is 5. The van der Waals surface area contributed by atoms with Crippen molar-refractivity contribution in [2.45, 2.75) is 59.8 Å². The zero-order valence-corrected chi connectivity index (χ0v) is 17.4. The SMILES string of the molecule is COC(=O)C(C(=O)OC)/C(C)=C/C=C/C(=O)CCC1=C(C)CCCC1(C)C. The minimum atomic E-state index is -1.12. The van der Waals surface area contributed by atoms with Gasteiger partial charge in [0.1, 0.15) is 0 Å². The van der Waals surface area contributed by atoms with Crippen LogP contribution in [0.2, 0.25) is 0 Å². The number of hydrogen-bond acceptors (Lipinski definition) is 5. The number of ketones is 1. The van der Waals surface area contributed by atoms with E-state index < -0.39 is 17.9 Å². The summed E-state index contributed by atoms with van der Waals surface area (Å²) in [5.41, 5.74) is 3.44. The van der Waals surface area contributed by atoms with Crippen molar-refractivity contribution in [1.82, 2.24) is 0 Å². The molecule has 0 aromatic heterocycles. The number of esters is 2. The van der Waals surface area contributed by atoms with Crippen molar-refractivity contribution < 1.29 is 23.9 Å². The van der Waals surface area contributed by atoms with Gasteiger partial charge in [-0.2, -0.15) is 0 Å². The molecule has 150 valence electrons. The Morgan fingerprint density at radius 1 is 1.15 bits per heavy atom. The molecular formula is C22H32O5. The van der Waals surface area contributed by atoms with E-state index in [1.165, 1.54) is 37.9 Å². The van der Waals surface area contributed by atoms with E-state index in [0.717, 1.165) is 19.3 Å². The summed E-state index contributed by atoms with van der Waals surface area (Å²) in [5.74, 6) is -2.46. The van der Waals surface area contributed by atoms with Crippen LogP contribution in [0.15, 0.2) is 34.9 Å². The molecule has 0 spiro atoms. The fraction of sp³-hybridized carbons (Fsp3) is 0.591. The van der Waals surface area contributed by atoms with Gasteiger partial charge in [0.15, 0.2) is 11.7 Å². The molecule has 5 nitrogen and oxygen atoms in total. The normalized spacial score (nSPS) is 17.4. The molecule has 0 amide bonds. The van der Waals surface area contributed by atoms with Crippen molar-refractivity contribution in [3.63, 3.8) is 0 Å². The molecule has 0 aliphatic heterocycles. The van der Waals surface area contributed by atoms with E-state index in [1.54, 1.807) is 19.1 Å². The van der Waals surface area contributed by atoms with E-state index in [-0.39, 0.29) is 11.2 Å². The van der Waals surface area contributed by atoms with Gasteiger partial charge in [0.2, 0.25) is 0 Å². The maximum Gasteiger partial charge on any atom is 0.324 e. The molecule has 5 heteroatoms. The summed E-state index contributed by atoms with van der Waals surface area (Å²) in [6.07, 6.45) is 9.35. The molecule has 1 rings (SSSR count). The molecule has 0 atom stereocenters. The third kappa shape index (κ3) is 6.49. The van der Waals surface area contributed by atoms with Crippen LogP contribution in [0.5, 0.6) is 0 Å². The Labute approximate surface area is 162 Å². The van der Waals surface area contributed by atoms with E-state index in [9.17, 15) is 14.4 Å². The number of carbonyl (C=O) groups is 3. The smallest absolute Gasteiger partial charge is 0.324 e. The van der Waals surface area contributed by atoms with E-state index in [1.807, 2.05) is 0 Å². The molecule has 0 bridgehead atoms. The van der Waals surface area contributed by atoms with Gasteiger partial charge in [-0.25, -0.2) is 0 Å². The Morgan fingerprint density at radius 2 is 1.74 bits per heavy atom. The van der Waals surface area contributed by atoms with Crippen LogP contribution in [0.4, 0.5) is 0 Å². The molecule has 27 heavy (non-hydrogen) atoms. The summed E-state index contributed by atoms with van der Waals surface area (Å²) >= 11 is 0. The lowest BCUT2D eigenvalue weighted by atomic mass is 9.71. The molecule has 0 fully saturated rings. The minimum absolute atomic E-state index is 0.0217. The van der Waals surface area contributed by atoms with E-state index in [0.29, 0.717) is 12.0 Å². The van der Waals surface area contributed by atoms with Gasteiger partial charge in [-0.15, -0.1) is 0 Å². The summed E-state index contributed by atoms with van der Waals surface area (Å²) in [6, 6.07) is 0. The van der Waals surface area contributed by atoms with Gasteiger partial charge in [0.25, 0.3) is 0 Å². The highest BCUT2D eigenvalue weighted by Gasteiger charge is 2.30. The monoisotopic (exact) mass is 376 g/mol. The van der Waals surface area contributed by atoms with Crippen LogP contribution in [0.1, 0.15) is 59.8 Å². The largest absolute Gasteiger partial charge is 0.468 e. The zero-order valence-electron chi connectivity index (χ0n) is 17.4. The Bertz CT molecular complexity index is 648. The quantitative estimate of drug-likeness (QED) is 0.207. The third-order valence-corrected chi connectivity index (χ3v) is 5.28. The van der Waals surface area contributed by atoms with Gasteiger partial charge in [0.05, 0.1) is 14.2 Å². The Balaban J connectivity index is 2.73. The fourth-order valence-electron chi connectivity index (χ4n) is 3.67. The van der Waals surface area contributed by atoms with Crippen molar-refractivity contribution in [3.8, 4) is 0 Å². The molecule has 0 unspecified atom stereocenters. The minimum Gasteiger partial charge on any atom is -0.468 e. The van der Waals surface area contributed by atoms with Crippen LogP contribution in [0.25, 0.3) is 0 Å². The predicted octanol–water partition coefficient (Wildman–Crippen LogP) is 4.33. The van der Waals surface area contributed by atoms with Crippen molar-refractivity contribution in [2.75, 3.05) is 14.2 Å². The average Bonchev–Trinajstić information content (AvgIpc) is 2.60. The summed E-state index contributed by atoms with van der Waals surface area (Å²) in [6.45, 7) is 8.29. The second-order valence-corrected chi connectivity index (χ2v) is 7.71. The summed E-state index contributed by atoms with van der Waals surface area (Å²) in [7, 11) is 2.43. The van der Waals surface area contributed by atoms with Gasteiger partial charge in [-0.3, -0.25) is 14.4 Å². The second kappa shape index (κ2) is 10.2. The van der Waals surface area contributed by atoms with Gasteiger partial charge < -0.3 is 9.47 Å². The highest BCUT2D eigenvalue weighted by Crippen LogP contribution is 2.42. The van der Waals surface area contributed by atoms with E-state index in [2.05, 4.69) is 30.2 Å². The van der Waals surface area contributed by atoms with Crippen molar-refractivity contribution in [2.24, 2.45) is 11.3 Å². The molecule has 0 N–H and O–H groups in total.